The van der Waals surface area contributed by atoms with Crippen LogP contribution in [0.3, 0.4) is 0 Å². The predicted octanol–water partition coefficient (Wildman–Crippen LogP) is 4.09. The first-order valence-electron chi connectivity index (χ1n) is 3.40. The van der Waals surface area contributed by atoms with Gasteiger partial charge in [0.05, 0.1) is 16.4 Å². The van der Waals surface area contributed by atoms with Gasteiger partial charge in [-0.15, -0.1) is 0 Å². The summed E-state index contributed by atoms with van der Waals surface area (Å²) in [7, 11) is 0. The molecule has 0 amide bonds. The van der Waals surface area contributed by atoms with Crippen LogP contribution in [0.2, 0.25) is 5.02 Å². The van der Waals surface area contributed by atoms with Crippen molar-refractivity contribution in [2.45, 2.75) is 6.18 Å². The minimum Gasteiger partial charge on any atom is -0.194 e. The second-order valence-corrected chi connectivity index (χ2v) is 2.98. The van der Waals surface area contributed by atoms with Gasteiger partial charge in [-0.3, -0.25) is 0 Å². The monoisotopic (exact) mass is 237 g/mol. The largest absolute Gasteiger partial charge is 0.418 e. The molecular weight excluding hydrogens is 235 g/mol. The summed E-state index contributed by atoms with van der Waals surface area (Å²) in [5.74, 6) is 0. The zero-order valence-corrected chi connectivity index (χ0v) is 8.17. The summed E-state index contributed by atoms with van der Waals surface area (Å²) < 4.78 is 37.1. The Labute approximate surface area is 88.2 Å². The lowest BCUT2D eigenvalue weighted by molar-refractivity contribution is -0.137. The van der Waals surface area contributed by atoms with E-state index in [1.807, 2.05) is 5.16 Å². The molecule has 0 aliphatic heterocycles. The average Bonchev–Trinajstić information content (AvgIpc) is 2.07. The number of hydrogen-bond acceptors (Lipinski definition) is 2. The minimum absolute atomic E-state index is 0.000596. The van der Waals surface area contributed by atoms with Gasteiger partial charge in [0.15, 0.2) is 0 Å². The van der Waals surface area contributed by atoms with E-state index in [9.17, 15) is 13.2 Å². The Hall–Kier alpha value is -0.900. The molecule has 0 spiro atoms. The van der Waals surface area contributed by atoms with Gasteiger partial charge in [0.25, 0.3) is 0 Å². The van der Waals surface area contributed by atoms with Crippen LogP contribution in [0, 0.1) is 0 Å². The van der Waals surface area contributed by atoms with Crippen LogP contribution < -0.4 is 0 Å². The van der Waals surface area contributed by atoms with Crippen LogP contribution in [-0.2, 0) is 6.18 Å². The third-order valence-electron chi connectivity index (χ3n) is 1.43. The fourth-order valence-electron chi connectivity index (χ4n) is 0.882. The fourth-order valence-corrected chi connectivity index (χ4v) is 1.15. The lowest BCUT2D eigenvalue weighted by Crippen LogP contribution is -2.04. The third kappa shape index (κ3) is 2.54. The van der Waals surface area contributed by atoms with Crippen LogP contribution >= 0.6 is 23.8 Å². The molecule has 0 fully saturated rings. The molecule has 1 rings (SSSR count). The molecule has 0 saturated heterocycles. The van der Waals surface area contributed by atoms with E-state index in [0.29, 0.717) is 0 Å². The van der Waals surface area contributed by atoms with Crippen molar-refractivity contribution >= 4 is 34.7 Å². The predicted molar refractivity (Wildman–Crippen MR) is 51.1 cm³/mol. The van der Waals surface area contributed by atoms with E-state index in [1.165, 1.54) is 6.07 Å². The summed E-state index contributed by atoms with van der Waals surface area (Å²) in [6.45, 7) is 0. The molecule has 0 saturated carbocycles. The molecule has 74 valence electrons. The number of isothiocyanates is 1. The lowest BCUT2D eigenvalue weighted by Gasteiger charge is -2.08. The first kappa shape index (κ1) is 11.2. The Bertz CT molecular complexity index is 396. The van der Waals surface area contributed by atoms with Gasteiger partial charge in [0, 0.05) is 5.02 Å². The molecule has 1 aromatic rings. The average molecular weight is 238 g/mol. The van der Waals surface area contributed by atoms with Crippen LogP contribution in [0.15, 0.2) is 23.2 Å². The maximum atomic E-state index is 12.4. The summed E-state index contributed by atoms with van der Waals surface area (Å²) >= 11 is 9.67. The second-order valence-electron chi connectivity index (χ2n) is 2.36. The van der Waals surface area contributed by atoms with E-state index < -0.39 is 11.7 Å². The Morgan fingerprint density at radius 3 is 2.50 bits per heavy atom. The van der Waals surface area contributed by atoms with Crippen molar-refractivity contribution in [2.24, 2.45) is 4.99 Å². The third-order valence-corrected chi connectivity index (χ3v) is 1.76. The van der Waals surface area contributed by atoms with Crippen LogP contribution in [0.5, 0.6) is 0 Å². The van der Waals surface area contributed by atoms with Crippen LogP contribution in [0.4, 0.5) is 18.9 Å². The molecule has 0 atom stereocenters. The Balaban J connectivity index is 3.37. The van der Waals surface area contributed by atoms with Gasteiger partial charge in [-0.05, 0) is 30.4 Å². The van der Waals surface area contributed by atoms with Crippen LogP contribution in [0.25, 0.3) is 0 Å². The van der Waals surface area contributed by atoms with Crippen molar-refractivity contribution in [3.8, 4) is 0 Å². The number of halogens is 4. The topological polar surface area (TPSA) is 12.4 Å². The highest BCUT2D eigenvalue weighted by molar-refractivity contribution is 7.78. The molecule has 6 heteroatoms. The summed E-state index contributed by atoms with van der Waals surface area (Å²) in [5.41, 5.74) is -1.20. The smallest absolute Gasteiger partial charge is 0.194 e. The van der Waals surface area contributed by atoms with Crippen molar-refractivity contribution in [3.05, 3.63) is 28.8 Å². The summed E-state index contributed by atoms with van der Waals surface area (Å²) in [4.78, 5) is 3.30. The van der Waals surface area contributed by atoms with Crippen molar-refractivity contribution in [3.63, 3.8) is 0 Å². The standard InChI is InChI=1S/C8H3ClF3NS/c9-5-1-2-7(13-4-14)6(3-5)8(10,11)12/h1-3H. The number of benzene rings is 1. The SMILES string of the molecule is FC(F)(F)c1cc(Cl)ccc1N=C=S. The molecule has 1 nitrogen and oxygen atoms in total. The summed E-state index contributed by atoms with van der Waals surface area (Å²) in [5, 5.41) is 1.88. The van der Waals surface area contributed by atoms with Gasteiger partial charge in [-0.1, -0.05) is 11.6 Å². The highest BCUT2D eigenvalue weighted by Crippen LogP contribution is 2.37. The Kier molecular flexibility index (Phi) is 3.26. The van der Waals surface area contributed by atoms with Gasteiger partial charge in [0.2, 0.25) is 0 Å². The number of aliphatic imine (C=N–C) groups is 1. The number of alkyl halides is 3. The first-order valence-corrected chi connectivity index (χ1v) is 4.18. The Morgan fingerprint density at radius 2 is 2.00 bits per heavy atom. The molecule has 0 heterocycles. The number of thiocarbonyl (C=S) groups is 1. The zero-order valence-electron chi connectivity index (χ0n) is 6.60. The molecule has 1 aromatic carbocycles. The van der Waals surface area contributed by atoms with Crippen LogP contribution in [-0.4, -0.2) is 5.16 Å². The molecule has 0 unspecified atom stereocenters. The van der Waals surface area contributed by atoms with Gasteiger partial charge in [-0.25, -0.2) is 0 Å². The zero-order chi connectivity index (χ0) is 10.8. The van der Waals surface area contributed by atoms with E-state index in [4.69, 9.17) is 11.6 Å². The van der Waals surface area contributed by atoms with E-state index >= 15 is 0 Å². The molecule has 0 radical (unpaired) electrons. The van der Waals surface area contributed by atoms with E-state index in [1.54, 1.807) is 0 Å². The molecule has 0 aromatic heterocycles. The quantitative estimate of drug-likeness (QED) is 0.529. The number of hydrogen-bond donors (Lipinski definition) is 0. The highest BCUT2D eigenvalue weighted by atomic mass is 35.5. The van der Waals surface area contributed by atoms with Crippen molar-refractivity contribution < 1.29 is 13.2 Å². The molecule has 0 bridgehead atoms. The van der Waals surface area contributed by atoms with Gasteiger partial charge in [0.1, 0.15) is 0 Å². The highest BCUT2D eigenvalue weighted by Gasteiger charge is 2.33. The van der Waals surface area contributed by atoms with E-state index in [0.717, 1.165) is 12.1 Å². The normalized spacial score (nSPS) is 10.9. The maximum absolute atomic E-state index is 12.4. The van der Waals surface area contributed by atoms with Crippen molar-refractivity contribution in [1.29, 1.82) is 0 Å². The van der Waals surface area contributed by atoms with E-state index in [-0.39, 0.29) is 10.7 Å². The molecule has 0 N–H and O–H groups in total. The van der Waals surface area contributed by atoms with Crippen molar-refractivity contribution in [2.75, 3.05) is 0 Å². The van der Waals surface area contributed by atoms with Gasteiger partial charge in [-0.2, -0.15) is 18.2 Å². The molecule has 0 aliphatic rings. The molecule has 14 heavy (non-hydrogen) atoms. The molecule has 0 aliphatic carbocycles. The first-order chi connectivity index (χ1) is 6.45. The van der Waals surface area contributed by atoms with Gasteiger partial charge >= 0.3 is 6.18 Å². The van der Waals surface area contributed by atoms with Crippen molar-refractivity contribution in [1.82, 2.24) is 0 Å². The summed E-state index contributed by atoms with van der Waals surface area (Å²) in [6.07, 6.45) is -4.49. The lowest BCUT2D eigenvalue weighted by atomic mass is 10.2. The second kappa shape index (κ2) is 4.09. The number of rotatable bonds is 1. The summed E-state index contributed by atoms with van der Waals surface area (Å²) in [6, 6.07) is 3.25. The number of nitrogens with zero attached hydrogens (tertiary/aromatic N) is 1. The Morgan fingerprint density at radius 1 is 1.36 bits per heavy atom. The van der Waals surface area contributed by atoms with Gasteiger partial charge < -0.3 is 0 Å². The van der Waals surface area contributed by atoms with E-state index in [2.05, 4.69) is 17.2 Å². The fraction of sp³-hybridized carbons (Fsp3) is 0.125. The van der Waals surface area contributed by atoms with Crippen LogP contribution in [0.1, 0.15) is 5.56 Å². The minimum atomic E-state index is -4.49. The maximum Gasteiger partial charge on any atom is 0.418 e. The molecular formula is C8H3ClF3NS.